The van der Waals surface area contributed by atoms with Crippen molar-refractivity contribution in [1.82, 2.24) is 25.3 Å². The SMILES string of the molecule is CCNC(=O)N1CCN(CC2=C(C(=O)OCC)C(c3ccc(Cl)cc3)NC(=O)N2C)CC1. The van der Waals surface area contributed by atoms with Crippen molar-refractivity contribution in [3.05, 3.63) is 46.1 Å². The fraction of sp³-hybridized carbons (Fsp3) is 0.500. The van der Waals surface area contributed by atoms with Gasteiger partial charge in [0.05, 0.1) is 18.2 Å². The summed E-state index contributed by atoms with van der Waals surface area (Å²) in [6, 6.07) is 6.03. The quantitative estimate of drug-likeness (QED) is 0.631. The maximum atomic E-state index is 13.0. The lowest BCUT2D eigenvalue weighted by atomic mass is 9.94. The molecule has 0 bridgehead atoms. The van der Waals surface area contributed by atoms with E-state index in [1.165, 1.54) is 4.90 Å². The van der Waals surface area contributed by atoms with Gasteiger partial charge in [-0.3, -0.25) is 9.80 Å². The lowest BCUT2D eigenvalue weighted by Gasteiger charge is -2.39. The van der Waals surface area contributed by atoms with Crippen molar-refractivity contribution in [2.75, 3.05) is 52.9 Å². The molecule has 0 radical (unpaired) electrons. The van der Waals surface area contributed by atoms with Crippen LogP contribution in [-0.2, 0) is 9.53 Å². The molecule has 1 fully saturated rings. The number of hydrogen-bond donors (Lipinski definition) is 2. The van der Waals surface area contributed by atoms with E-state index in [1.807, 2.05) is 6.92 Å². The highest BCUT2D eigenvalue weighted by atomic mass is 35.5. The zero-order chi connectivity index (χ0) is 23.3. The van der Waals surface area contributed by atoms with Crippen LogP contribution in [0.3, 0.4) is 0 Å². The number of hydrogen-bond acceptors (Lipinski definition) is 5. The summed E-state index contributed by atoms with van der Waals surface area (Å²) in [6.45, 7) is 7.27. The molecule has 2 aliphatic heterocycles. The van der Waals surface area contributed by atoms with Crippen LogP contribution in [0.25, 0.3) is 0 Å². The molecule has 9 nitrogen and oxygen atoms in total. The molecule has 1 saturated heterocycles. The van der Waals surface area contributed by atoms with Gasteiger partial charge in [0.15, 0.2) is 0 Å². The van der Waals surface area contributed by atoms with Gasteiger partial charge in [0.2, 0.25) is 0 Å². The van der Waals surface area contributed by atoms with Gasteiger partial charge in [-0.1, -0.05) is 23.7 Å². The summed E-state index contributed by atoms with van der Waals surface area (Å²) >= 11 is 6.02. The van der Waals surface area contributed by atoms with Gasteiger partial charge in [0, 0.05) is 57.0 Å². The van der Waals surface area contributed by atoms with E-state index in [-0.39, 0.29) is 18.7 Å². The van der Waals surface area contributed by atoms with Crippen molar-refractivity contribution in [1.29, 1.82) is 0 Å². The number of ether oxygens (including phenoxy) is 1. The third-order valence-corrected chi connectivity index (χ3v) is 5.89. The van der Waals surface area contributed by atoms with E-state index < -0.39 is 12.0 Å². The number of likely N-dealkylation sites (N-methyl/N-ethyl adjacent to an activating group) is 1. The summed E-state index contributed by atoms with van der Waals surface area (Å²) in [7, 11) is 1.65. The van der Waals surface area contributed by atoms with Gasteiger partial charge in [0.1, 0.15) is 0 Å². The second-order valence-corrected chi connectivity index (χ2v) is 8.11. The summed E-state index contributed by atoms with van der Waals surface area (Å²) in [6.07, 6.45) is 0. The Balaban J connectivity index is 1.88. The normalized spacial score (nSPS) is 19.6. The highest BCUT2D eigenvalue weighted by Gasteiger charge is 2.37. The molecular weight excluding hydrogens is 434 g/mol. The molecule has 0 aliphatic carbocycles. The number of carbonyl (C=O) groups is 3. The van der Waals surface area contributed by atoms with E-state index in [0.717, 1.165) is 5.56 Å². The van der Waals surface area contributed by atoms with Crippen LogP contribution in [0.4, 0.5) is 9.59 Å². The summed E-state index contributed by atoms with van der Waals surface area (Å²) < 4.78 is 5.35. The van der Waals surface area contributed by atoms with Crippen LogP contribution in [0.1, 0.15) is 25.5 Å². The third-order valence-electron chi connectivity index (χ3n) is 5.64. The number of urea groups is 2. The Morgan fingerprint density at radius 2 is 1.81 bits per heavy atom. The Kier molecular flexibility index (Phi) is 7.98. The van der Waals surface area contributed by atoms with E-state index in [9.17, 15) is 14.4 Å². The van der Waals surface area contributed by atoms with Crippen LogP contribution < -0.4 is 10.6 Å². The minimum atomic E-state index is -0.637. The van der Waals surface area contributed by atoms with Gasteiger partial charge in [-0.05, 0) is 31.5 Å². The van der Waals surface area contributed by atoms with Crippen molar-refractivity contribution >= 4 is 29.6 Å². The van der Waals surface area contributed by atoms with E-state index in [2.05, 4.69) is 15.5 Å². The maximum Gasteiger partial charge on any atom is 0.338 e. The highest BCUT2D eigenvalue weighted by molar-refractivity contribution is 6.30. The topological polar surface area (TPSA) is 94.2 Å². The predicted molar refractivity (Wildman–Crippen MR) is 121 cm³/mol. The molecule has 2 heterocycles. The number of benzene rings is 1. The highest BCUT2D eigenvalue weighted by Crippen LogP contribution is 2.32. The summed E-state index contributed by atoms with van der Waals surface area (Å²) in [5.41, 5.74) is 1.75. The smallest absolute Gasteiger partial charge is 0.338 e. The molecule has 1 unspecified atom stereocenters. The Morgan fingerprint density at radius 3 is 2.41 bits per heavy atom. The summed E-state index contributed by atoms with van der Waals surface area (Å²) in [4.78, 5) is 43.2. The van der Waals surface area contributed by atoms with Crippen LogP contribution in [0.15, 0.2) is 35.5 Å². The first-order valence-electron chi connectivity index (χ1n) is 10.8. The van der Waals surface area contributed by atoms with E-state index in [0.29, 0.717) is 55.6 Å². The van der Waals surface area contributed by atoms with Crippen LogP contribution in [0.2, 0.25) is 5.02 Å². The maximum absolute atomic E-state index is 13.0. The Morgan fingerprint density at radius 1 is 1.16 bits per heavy atom. The molecule has 10 heteroatoms. The minimum Gasteiger partial charge on any atom is -0.463 e. The molecule has 0 aromatic heterocycles. The lowest BCUT2D eigenvalue weighted by molar-refractivity contribution is -0.139. The minimum absolute atomic E-state index is 0.0736. The van der Waals surface area contributed by atoms with Gasteiger partial charge in [-0.2, -0.15) is 0 Å². The molecule has 1 aromatic rings. The van der Waals surface area contributed by atoms with Gasteiger partial charge in [-0.15, -0.1) is 0 Å². The van der Waals surface area contributed by atoms with Gasteiger partial charge < -0.3 is 20.3 Å². The standard InChI is InChI=1S/C22H30ClN5O4/c1-4-24-21(30)28-12-10-27(11-13-28)14-17-18(20(29)32-5-2)19(25-22(31)26(17)3)15-6-8-16(23)9-7-15/h6-9,19H,4-5,10-14H2,1-3H3,(H,24,30)(H,25,31). The number of nitrogens with one attached hydrogen (secondary N) is 2. The van der Waals surface area contributed by atoms with Gasteiger partial charge in [0.25, 0.3) is 0 Å². The average molecular weight is 464 g/mol. The average Bonchev–Trinajstić information content (AvgIpc) is 2.78. The number of amides is 4. The molecular formula is C22H30ClN5O4. The number of rotatable bonds is 6. The second kappa shape index (κ2) is 10.7. The van der Waals surface area contributed by atoms with Crippen LogP contribution in [0.5, 0.6) is 0 Å². The van der Waals surface area contributed by atoms with E-state index in [4.69, 9.17) is 16.3 Å². The molecule has 3 rings (SSSR count). The fourth-order valence-electron chi connectivity index (χ4n) is 3.89. The molecule has 4 amide bonds. The van der Waals surface area contributed by atoms with E-state index in [1.54, 1.807) is 43.1 Å². The molecule has 1 atom stereocenters. The molecule has 174 valence electrons. The van der Waals surface area contributed by atoms with Crippen molar-refractivity contribution in [2.24, 2.45) is 0 Å². The van der Waals surface area contributed by atoms with Crippen molar-refractivity contribution in [2.45, 2.75) is 19.9 Å². The molecule has 2 N–H and O–H groups in total. The number of nitrogens with zero attached hydrogens (tertiary/aromatic N) is 3. The zero-order valence-electron chi connectivity index (χ0n) is 18.7. The third kappa shape index (κ3) is 5.34. The number of halogens is 1. The van der Waals surface area contributed by atoms with E-state index >= 15 is 0 Å². The van der Waals surface area contributed by atoms with Crippen molar-refractivity contribution < 1.29 is 19.1 Å². The Labute approximate surface area is 193 Å². The van der Waals surface area contributed by atoms with Crippen LogP contribution >= 0.6 is 11.6 Å². The van der Waals surface area contributed by atoms with Gasteiger partial charge >= 0.3 is 18.0 Å². The molecule has 0 spiro atoms. The Hall–Kier alpha value is -2.78. The first kappa shape index (κ1) is 23.9. The number of piperazine rings is 1. The summed E-state index contributed by atoms with van der Waals surface area (Å²) in [5.74, 6) is -0.463. The number of carbonyl (C=O) groups excluding carboxylic acids is 3. The summed E-state index contributed by atoms with van der Waals surface area (Å²) in [5, 5.41) is 6.29. The monoisotopic (exact) mass is 463 g/mol. The lowest BCUT2D eigenvalue weighted by Crippen LogP contribution is -2.54. The molecule has 2 aliphatic rings. The van der Waals surface area contributed by atoms with Crippen LogP contribution in [0, 0.1) is 0 Å². The van der Waals surface area contributed by atoms with Crippen molar-refractivity contribution in [3.8, 4) is 0 Å². The largest absolute Gasteiger partial charge is 0.463 e. The second-order valence-electron chi connectivity index (χ2n) is 7.67. The molecule has 32 heavy (non-hydrogen) atoms. The van der Waals surface area contributed by atoms with Gasteiger partial charge in [-0.25, -0.2) is 14.4 Å². The molecule has 1 aromatic carbocycles. The number of esters is 1. The fourth-order valence-corrected chi connectivity index (χ4v) is 4.01. The Bertz CT molecular complexity index is 881. The molecule has 0 saturated carbocycles. The van der Waals surface area contributed by atoms with Crippen molar-refractivity contribution in [3.63, 3.8) is 0 Å². The zero-order valence-corrected chi connectivity index (χ0v) is 19.4. The predicted octanol–water partition coefficient (Wildman–Crippen LogP) is 2.20. The first-order chi connectivity index (χ1) is 15.3. The van der Waals surface area contributed by atoms with Crippen LogP contribution in [-0.4, -0.2) is 85.7 Å². The first-order valence-corrected chi connectivity index (χ1v) is 11.2.